The summed E-state index contributed by atoms with van der Waals surface area (Å²) in [6.45, 7) is 8.59. The zero-order valence-corrected chi connectivity index (χ0v) is 15.6. The molecule has 0 radical (unpaired) electrons. The maximum atomic E-state index is 4.93. The van der Waals surface area contributed by atoms with E-state index in [4.69, 9.17) is 9.97 Å². The van der Waals surface area contributed by atoms with Crippen molar-refractivity contribution in [1.29, 1.82) is 0 Å². The Kier molecular flexibility index (Phi) is 5.28. The first-order chi connectivity index (χ1) is 12.1. The van der Waals surface area contributed by atoms with E-state index in [0.29, 0.717) is 0 Å². The summed E-state index contributed by atoms with van der Waals surface area (Å²) in [5, 5.41) is 0. The minimum Gasteiger partial charge on any atom is -0.233 e. The molecule has 3 aromatic rings. The van der Waals surface area contributed by atoms with Gasteiger partial charge in [0.25, 0.3) is 0 Å². The Morgan fingerprint density at radius 3 is 1.84 bits per heavy atom. The highest BCUT2D eigenvalue weighted by Crippen LogP contribution is 2.27. The summed E-state index contributed by atoms with van der Waals surface area (Å²) in [6, 6.07) is 17.1. The molecule has 2 nitrogen and oxygen atoms in total. The molecule has 1 heterocycles. The molecule has 0 saturated carbocycles. The molecule has 0 amide bonds. The van der Waals surface area contributed by atoms with Crippen LogP contribution in [-0.4, -0.2) is 9.97 Å². The van der Waals surface area contributed by atoms with Gasteiger partial charge >= 0.3 is 0 Å². The average molecular weight is 330 g/mol. The van der Waals surface area contributed by atoms with Crippen LogP contribution in [0.15, 0.2) is 48.5 Å². The molecule has 2 heteroatoms. The second-order valence-corrected chi connectivity index (χ2v) is 6.80. The SMILES string of the molecule is CCCCc1nc(-c2ccc(C)cc2)nc(-c2ccc(C)cc2)c1C. The van der Waals surface area contributed by atoms with Crippen LogP contribution in [0, 0.1) is 20.8 Å². The molecule has 0 unspecified atom stereocenters. The number of rotatable bonds is 5. The highest BCUT2D eigenvalue weighted by molar-refractivity contribution is 5.68. The second kappa shape index (κ2) is 7.60. The quantitative estimate of drug-likeness (QED) is 0.566. The van der Waals surface area contributed by atoms with Crippen LogP contribution in [0.5, 0.6) is 0 Å². The Balaban J connectivity index is 2.13. The number of benzene rings is 2. The van der Waals surface area contributed by atoms with Gasteiger partial charge in [-0.05, 0) is 39.2 Å². The van der Waals surface area contributed by atoms with Gasteiger partial charge < -0.3 is 0 Å². The minimum atomic E-state index is 0.826. The maximum Gasteiger partial charge on any atom is 0.160 e. The molecule has 0 saturated heterocycles. The third-order valence-electron chi connectivity index (χ3n) is 4.65. The zero-order chi connectivity index (χ0) is 17.8. The van der Waals surface area contributed by atoms with Crippen molar-refractivity contribution in [2.45, 2.75) is 47.0 Å². The van der Waals surface area contributed by atoms with Crippen molar-refractivity contribution in [3.05, 3.63) is 70.9 Å². The molecule has 0 aliphatic heterocycles. The molecule has 0 aliphatic rings. The summed E-state index contributed by atoms with van der Waals surface area (Å²) in [4.78, 5) is 9.83. The molecule has 0 aliphatic carbocycles. The Labute approximate surface area is 151 Å². The lowest BCUT2D eigenvalue weighted by Crippen LogP contribution is -2.03. The van der Waals surface area contributed by atoms with E-state index in [-0.39, 0.29) is 0 Å². The summed E-state index contributed by atoms with van der Waals surface area (Å²) < 4.78 is 0. The molecular formula is C23H26N2. The van der Waals surface area contributed by atoms with Gasteiger partial charge in [0, 0.05) is 16.8 Å². The summed E-state index contributed by atoms with van der Waals surface area (Å²) in [6.07, 6.45) is 3.32. The van der Waals surface area contributed by atoms with Crippen LogP contribution >= 0.6 is 0 Å². The van der Waals surface area contributed by atoms with Gasteiger partial charge in [-0.3, -0.25) is 0 Å². The van der Waals surface area contributed by atoms with Crippen LogP contribution in [-0.2, 0) is 6.42 Å². The van der Waals surface area contributed by atoms with Crippen LogP contribution in [0.3, 0.4) is 0 Å². The topological polar surface area (TPSA) is 25.8 Å². The normalized spacial score (nSPS) is 10.9. The van der Waals surface area contributed by atoms with E-state index in [1.54, 1.807) is 0 Å². The summed E-state index contributed by atoms with van der Waals surface area (Å²) >= 11 is 0. The van der Waals surface area contributed by atoms with E-state index in [1.807, 2.05) is 0 Å². The lowest BCUT2D eigenvalue weighted by molar-refractivity contribution is 0.769. The third-order valence-corrected chi connectivity index (χ3v) is 4.65. The van der Waals surface area contributed by atoms with Crippen molar-refractivity contribution in [1.82, 2.24) is 9.97 Å². The second-order valence-electron chi connectivity index (χ2n) is 6.80. The molecular weight excluding hydrogens is 304 g/mol. The van der Waals surface area contributed by atoms with Gasteiger partial charge in [0.1, 0.15) is 0 Å². The van der Waals surface area contributed by atoms with Crippen molar-refractivity contribution in [2.75, 3.05) is 0 Å². The Hall–Kier alpha value is -2.48. The molecule has 2 aromatic carbocycles. The molecule has 0 spiro atoms. The van der Waals surface area contributed by atoms with Crippen molar-refractivity contribution in [3.63, 3.8) is 0 Å². The van der Waals surface area contributed by atoms with Gasteiger partial charge in [0.05, 0.1) is 5.69 Å². The molecule has 0 N–H and O–H groups in total. The maximum absolute atomic E-state index is 4.93. The monoisotopic (exact) mass is 330 g/mol. The van der Waals surface area contributed by atoms with Crippen LogP contribution in [0.4, 0.5) is 0 Å². The van der Waals surface area contributed by atoms with Crippen LogP contribution in [0.1, 0.15) is 42.1 Å². The number of aromatic nitrogens is 2. The predicted molar refractivity (Wildman–Crippen MR) is 106 cm³/mol. The van der Waals surface area contributed by atoms with Crippen molar-refractivity contribution >= 4 is 0 Å². The van der Waals surface area contributed by atoms with Crippen molar-refractivity contribution in [3.8, 4) is 22.6 Å². The van der Waals surface area contributed by atoms with E-state index in [2.05, 4.69) is 76.2 Å². The van der Waals surface area contributed by atoms with E-state index in [9.17, 15) is 0 Å². The minimum absolute atomic E-state index is 0.826. The fraction of sp³-hybridized carbons (Fsp3) is 0.304. The summed E-state index contributed by atoms with van der Waals surface area (Å²) in [7, 11) is 0. The fourth-order valence-electron chi connectivity index (χ4n) is 2.97. The summed E-state index contributed by atoms with van der Waals surface area (Å²) in [5.74, 6) is 0.826. The molecule has 0 fully saturated rings. The fourth-order valence-corrected chi connectivity index (χ4v) is 2.97. The molecule has 0 atom stereocenters. The number of hydrogen-bond acceptors (Lipinski definition) is 2. The van der Waals surface area contributed by atoms with Crippen LogP contribution < -0.4 is 0 Å². The number of aryl methyl sites for hydroxylation is 3. The first-order valence-electron chi connectivity index (χ1n) is 9.10. The Bertz CT molecular complexity index is 847. The zero-order valence-electron chi connectivity index (χ0n) is 15.6. The Morgan fingerprint density at radius 1 is 0.720 bits per heavy atom. The largest absolute Gasteiger partial charge is 0.233 e. The smallest absolute Gasteiger partial charge is 0.160 e. The van der Waals surface area contributed by atoms with Gasteiger partial charge in [-0.2, -0.15) is 0 Å². The first kappa shape index (κ1) is 17.3. The van der Waals surface area contributed by atoms with Gasteiger partial charge in [-0.15, -0.1) is 0 Å². The van der Waals surface area contributed by atoms with Crippen molar-refractivity contribution in [2.24, 2.45) is 0 Å². The van der Waals surface area contributed by atoms with Crippen molar-refractivity contribution < 1.29 is 0 Å². The summed E-state index contributed by atoms with van der Waals surface area (Å²) in [5.41, 5.74) is 8.18. The van der Waals surface area contributed by atoms with Gasteiger partial charge in [-0.25, -0.2) is 9.97 Å². The number of nitrogens with zero attached hydrogens (tertiary/aromatic N) is 2. The molecule has 1 aromatic heterocycles. The molecule has 0 bridgehead atoms. The average Bonchev–Trinajstić information content (AvgIpc) is 2.62. The van der Waals surface area contributed by atoms with E-state index in [1.165, 1.54) is 28.8 Å². The number of unbranched alkanes of at least 4 members (excludes halogenated alkanes) is 1. The lowest BCUT2D eigenvalue weighted by Gasteiger charge is -2.13. The van der Waals surface area contributed by atoms with Gasteiger partial charge in [0.15, 0.2) is 5.82 Å². The van der Waals surface area contributed by atoms with Gasteiger partial charge in [-0.1, -0.05) is 73.0 Å². The van der Waals surface area contributed by atoms with Gasteiger partial charge in [0.2, 0.25) is 0 Å². The first-order valence-corrected chi connectivity index (χ1v) is 9.10. The predicted octanol–water partition coefficient (Wildman–Crippen LogP) is 6.08. The molecule has 25 heavy (non-hydrogen) atoms. The number of hydrogen-bond donors (Lipinski definition) is 0. The van der Waals surface area contributed by atoms with E-state index in [0.717, 1.165) is 35.5 Å². The van der Waals surface area contributed by atoms with Crippen LogP contribution in [0.25, 0.3) is 22.6 Å². The Morgan fingerprint density at radius 2 is 1.28 bits per heavy atom. The van der Waals surface area contributed by atoms with Crippen LogP contribution in [0.2, 0.25) is 0 Å². The van der Waals surface area contributed by atoms with E-state index >= 15 is 0 Å². The lowest BCUT2D eigenvalue weighted by atomic mass is 10.0. The standard InChI is InChI=1S/C23H26N2/c1-5-6-7-21-18(4)22(19-12-8-16(2)9-13-19)25-23(24-21)20-14-10-17(3)11-15-20/h8-15H,5-7H2,1-4H3. The highest BCUT2D eigenvalue weighted by Gasteiger charge is 2.13. The highest BCUT2D eigenvalue weighted by atomic mass is 14.9. The molecule has 3 rings (SSSR count). The molecule has 128 valence electrons. The third kappa shape index (κ3) is 3.96. The van der Waals surface area contributed by atoms with E-state index < -0.39 is 0 Å².